The number of aryl methyl sites for hydroxylation is 2. The molecule has 4 unspecified atom stereocenters. The number of hydrogen-bond acceptors (Lipinski definition) is 3. The van der Waals surface area contributed by atoms with Gasteiger partial charge in [0.15, 0.2) is 0 Å². The van der Waals surface area contributed by atoms with E-state index in [2.05, 4.69) is 178 Å². The zero-order valence-corrected chi connectivity index (χ0v) is 35.1. The summed E-state index contributed by atoms with van der Waals surface area (Å²) in [7, 11) is 0. The zero-order chi connectivity index (χ0) is 39.3. The molecule has 2 saturated carbocycles. The van der Waals surface area contributed by atoms with Crippen LogP contribution >= 0.6 is 0 Å². The Labute approximate surface area is 345 Å². The highest BCUT2D eigenvalue weighted by molar-refractivity contribution is 7.00. The Bertz CT molecular complexity index is 2660. The van der Waals surface area contributed by atoms with Crippen molar-refractivity contribution < 1.29 is 0 Å². The smallest absolute Gasteiger partial charge is 0.252 e. The third kappa shape index (κ3) is 4.12. The Balaban J connectivity index is 1.24. The quantitative estimate of drug-likeness (QED) is 0.166. The molecular weight excluding hydrogens is 701 g/mol. The molecule has 58 heavy (non-hydrogen) atoms. The van der Waals surface area contributed by atoms with Crippen LogP contribution in [-0.4, -0.2) is 17.8 Å². The third-order valence-corrected chi connectivity index (χ3v) is 17.0. The van der Waals surface area contributed by atoms with Crippen molar-refractivity contribution in [2.45, 2.75) is 115 Å². The number of nitrogens with zero attached hydrogens (tertiary/aromatic N) is 3. The van der Waals surface area contributed by atoms with Crippen LogP contribution in [0, 0.1) is 13.8 Å². The maximum absolute atomic E-state index is 2.92. The molecule has 4 atom stereocenters. The Morgan fingerprint density at radius 1 is 0.500 bits per heavy atom. The summed E-state index contributed by atoms with van der Waals surface area (Å²) in [6, 6.07) is 47.1. The second-order valence-corrected chi connectivity index (χ2v) is 19.6. The van der Waals surface area contributed by atoms with E-state index in [1.54, 1.807) is 11.1 Å². The van der Waals surface area contributed by atoms with Crippen molar-refractivity contribution in [3.63, 3.8) is 0 Å². The zero-order valence-electron chi connectivity index (χ0n) is 35.1. The summed E-state index contributed by atoms with van der Waals surface area (Å²) in [5.74, 6) is 0. The second-order valence-electron chi connectivity index (χ2n) is 19.6. The fraction of sp³-hybridized carbons (Fsp3) is 0.333. The molecule has 0 spiro atoms. The maximum Gasteiger partial charge on any atom is 0.252 e. The minimum Gasteiger partial charge on any atom is -0.335 e. The Morgan fingerprint density at radius 2 is 1.03 bits per heavy atom. The number of anilines is 7. The summed E-state index contributed by atoms with van der Waals surface area (Å²) in [4.78, 5) is 8.42. The highest BCUT2D eigenvalue weighted by atomic mass is 15.3. The van der Waals surface area contributed by atoms with Crippen molar-refractivity contribution in [1.82, 2.24) is 0 Å². The minimum atomic E-state index is -0.0679. The summed E-state index contributed by atoms with van der Waals surface area (Å²) in [6.45, 7) is 15.2. The molecule has 0 aromatic heterocycles. The first kappa shape index (κ1) is 34.8. The fourth-order valence-electron chi connectivity index (χ4n) is 13.6. The van der Waals surface area contributed by atoms with Crippen molar-refractivity contribution in [2.75, 3.05) is 14.7 Å². The van der Waals surface area contributed by atoms with Gasteiger partial charge in [-0.25, -0.2) is 0 Å². The molecule has 0 amide bonds. The van der Waals surface area contributed by atoms with Crippen molar-refractivity contribution in [3.8, 4) is 11.1 Å². The van der Waals surface area contributed by atoms with E-state index in [-0.39, 0.29) is 28.6 Å². The van der Waals surface area contributed by atoms with Gasteiger partial charge in [-0.1, -0.05) is 131 Å². The van der Waals surface area contributed by atoms with Gasteiger partial charge in [-0.05, 0) is 133 Å². The average molecular weight is 756 g/mol. The van der Waals surface area contributed by atoms with Crippen LogP contribution in [-0.2, 0) is 10.8 Å². The van der Waals surface area contributed by atoms with Gasteiger partial charge in [-0.15, -0.1) is 0 Å². The number of fused-ring (bicyclic) bond motifs is 10. The number of hydrogen-bond donors (Lipinski definition) is 0. The topological polar surface area (TPSA) is 9.72 Å². The summed E-state index contributed by atoms with van der Waals surface area (Å²) >= 11 is 0. The summed E-state index contributed by atoms with van der Waals surface area (Å²) in [5, 5.41) is 0. The molecule has 2 fully saturated rings. The van der Waals surface area contributed by atoms with Crippen molar-refractivity contribution in [3.05, 3.63) is 144 Å². The molecule has 2 aliphatic carbocycles. The number of benzene rings is 6. The molecule has 6 aromatic carbocycles. The van der Waals surface area contributed by atoms with Crippen LogP contribution in [0.3, 0.4) is 0 Å². The number of para-hydroxylation sites is 3. The normalized spacial score (nSPS) is 26.8. The lowest BCUT2D eigenvalue weighted by Gasteiger charge is -2.55. The van der Waals surface area contributed by atoms with Gasteiger partial charge in [0.2, 0.25) is 0 Å². The lowest BCUT2D eigenvalue weighted by atomic mass is 9.33. The second kappa shape index (κ2) is 11.7. The standard InChI is InChI=1S/C54H54BN3/c1-35-19-10-12-25-44(35)56(45-26-13-11-20-36(45)2)39-33-46-48-47(34-39)58-50-41(52(4)28-15-17-30-54(52,58)6)31-38(37-21-8-7-9-22-37)32-43(50)55(48)42-24-18-23-40-49(42)57(46)53(5)29-16-14-27-51(40,53)3/h7-13,18-26,31-34H,14-17,27-30H2,1-6H3. The van der Waals surface area contributed by atoms with E-state index in [9.17, 15) is 0 Å². The lowest BCUT2D eigenvalue weighted by Crippen LogP contribution is -2.66. The first-order valence-corrected chi connectivity index (χ1v) is 22.2. The number of rotatable bonds is 4. The van der Waals surface area contributed by atoms with E-state index in [4.69, 9.17) is 0 Å². The van der Waals surface area contributed by atoms with Crippen LogP contribution in [0.25, 0.3) is 11.1 Å². The van der Waals surface area contributed by atoms with Crippen molar-refractivity contribution in [1.29, 1.82) is 0 Å². The van der Waals surface area contributed by atoms with Crippen LogP contribution in [0.15, 0.2) is 121 Å². The van der Waals surface area contributed by atoms with E-state index in [1.807, 2.05) is 0 Å². The first-order chi connectivity index (χ1) is 28.1. The fourth-order valence-corrected chi connectivity index (χ4v) is 13.6. The molecule has 3 nitrogen and oxygen atoms in total. The van der Waals surface area contributed by atoms with Crippen LogP contribution in [0.2, 0.25) is 0 Å². The van der Waals surface area contributed by atoms with Crippen molar-refractivity contribution >= 4 is 62.9 Å². The molecular formula is C54H54BN3. The summed E-state index contributed by atoms with van der Waals surface area (Å²) in [6.07, 6.45) is 9.90. The largest absolute Gasteiger partial charge is 0.335 e. The Hall–Kier alpha value is -5.22. The lowest BCUT2D eigenvalue weighted by molar-refractivity contribution is 0.194. The molecule has 6 aromatic rings. The Kier molecular flexibility index (Phi) is 7.03. The van der Waals surface area contributed by atoms with Crippen LogP contribution in [0.4, 0.5) is 39.8 Å². The summed E-state index contributed by atoms with van der Waals surface area (Å²) in [5.41, 5.74) is 22.4. The molecule has 12 rings (SSSR count). The first-order valence-electron chi connectivity index (χ1n) is 22.2. The average Bonchev–Trinajstić information content (AvgIpc) is 3.58. The van der Waals surface area contributed by atoms with E-state index >= 15 is 0 Å². The molecule has 6 aliphatic rings. The highest BCUT2D eigenvalue weighted by Crippen LogP contribution is 2.65. The SMILES string of the molecule is Cc1ccccc1N(c1cc2c3c(c1)N1c4c(cc(-c5ccccc5)cc4C4(C)CCCCC14C)B3c1cccc3c1N2C1(C)CCCCC31C)c1ccccc1C. The summed E-state index contributed by atoms with van der Waals surface area (Å²) < 4.78 is 0. The van der Waals surface area contributed by atoms with Gasteiger partial charge in [-0.3, -0.25) is 0 Å². The molecule has 0 N–H and O–H groups in total. The van der Waals surface area contributed by atoms with Crippen molar-refractivity contribution in [2.24, 2.45) is 0 Å². The highest BCUT2D eigenvalue weighted by Gasteiger charge is 2.65. The van der Waals surface area contributed by atoms with Crippen LogP contribution < -0.4 is 31.1 Å². The third-order valence-electron chi connectivity index (χ3n) is 17.0. The molecule has 4 aliphatic heterocycles. The monoisotopic (exact) mass is 755 g/mol. The molecule has 0 bridgehead atoms. The van der Waals surface area contributed by atoms with E-state index in [0.717, 1.165) is 0 Å². The van der Waals surface area contributed by atoms with Crippen LogP contribution in [0.1, 0.15) is 101 Å². The predicted molar refractivity (Wildman–Crippen MR) is 246 cm³/mol. The van der Waals surface area contributed by atoms with Crippen LogP contribution in [0.5, 0.6) is 0 Å². The van der Waals surface area contributed by atoms with E-state index in [1.165, 1.54) is 130 Å². The van der Waals surface area contributed by atoms with Gasteiger partial charge >= 0.3 is 0 Å². The Morgan fingerprint density at radius 3 is 1.64 bits per heavy atom. The molecule has 4 heteroatoms. The molecule has 0 saturated heterocycles. The van der Waals surface area contributed by atoms with E-state index in [0.29, 0.717) is 0 Å². The minimum absolute atomic E-state index is 0.0115. The molecule has 0 radical (unpaired) electrons. The van der Waals surface area contributed by atoms with Gasteiger partial charge in [0, 0.05) is 45.0 Å². The van der Waals surface area contributed by atoms with Gasteiger partial charge in [0.05, 0.1) is 16.8 Å². The van der Waals surface area contributed by atoms with E-state index < -0.39 is 0 Å². The molecule has 4 heterocycles. The van der Waals surface area contributed by atoms with Gasteiger partial charge in [0.1, 0.15) is 0 Å². The molecule has 288 valence electrons. The van der Waals surface area contributed by atoms with Gasteiger partial charge < -0.3 is 14.7 Å². The maximum atomic E-state index is 2.92. The van der Waals surface area contributed by atoms with Gasteiger partial charge in [-0.2, -0.15) is 0 Å². The van der Waals surface area contributed by atoms with Gasteiger partial charge in [0.25, 0.3) is 6.71 Å². The predicted octanol–water partition coefficient (Wildman–Crippen LogP) is 12.1.